The molecule has 0 spiro atoms. The van der Waals surface area contributed by atoms with E-state index >= 15 is 0 Å². The van der Waals surface area contributed by atoms with Gasteiger partial charge in [0.05, 0.1) is 0 Å². The van der Waals surface area contributed by atoms with Crippen LogP contribution in [-0.2, 0) is 19.1 Å². The molecule has 0 aliphatic rings. The van der Waals surface area contributed by atoms with Crippen LogP contribution < -0.4 is 0 Å². The maximum atomic E-state index is 14.2. The Kier molecular flexibility index (Phi) is 5.88. The fourth-order valence-corrected chi connectivity index (χ4v) is 0.937. The number of aliphatic hydroxyl groups is 2. The molecule has 0 amide bonds. The Morgan fingerprint density at radius 3 is 1.73 bits per heavy atom. The van der Waals surface area contributed by atoms with Crippen LogP contribution in [0, 0.1) is 0 Å². The van der Waals surface area contributed by atoms with Gasteiger partial charge in [-0.25, -0.2) is 9.59 Å². The van der Waals surface area contributed by atoms with Crippen molar-refractivity contribution in [2.24, 2.45) is 0 Å². The number of carbonyl (C=O) groups is 2. The van der Waals surface area contributed by atoms with Crippen molar-refractivity contribution in [1.82, 2.24) is 0 Å². The van der Waals surface area contributed by atoms with Gasteiger partial charge in [0.25, 0.3) is 0 Å². The van der Waals surface area contributed by atoms with Crippen LogP contribution in [0.25, 0.3) is 0 Å². The number of hydrogen-bond donors (Lipinski definition) is 2. The van der Waals surface area contributed by atoms with Crippen LogP contribution in [-0.4, -0.2) is 46.6 Å². The maximum absolute atomic E-state index is 14.2. The summed E-state index contributed by atoms with van der Waals surface area (Å²) in [5.41, 5.74) is -0.874. The second-order valence-corrected chi connectivity index (χ2v) is 4.42. The first kappa shape index (κ1) is 20.1. The number of hydrogen-bond acceptors (Lipinski definition) is 6. The lowest BCUT2D eigenvalue weighted by atomic mass is 10.1. The van der Waals surface area contributed by atoms with Crippen molar-refractivity contribution < 1.29 is 46.8 Å². The normalized spacial score (nSPS) is 14.7. The van der Waals surface area contributed by atoms with Crippen LogP contribution in [0.1, 0.15) is 13.8 Å². The highest BCUT2D eigenvalue weighted by atomic mass is 19.3. The van der Waals surface area contributed by atoms with Crippen molar-refractivity contribution in [2.45, 2.75) is 31.7 Å². The van der Waals surface area contributed by atoms with E-state index in [9.17, 15) is 27.2 Å². The summed E-state index contributed by atoms with van der Waals surface area (Å²) in [4.78, 5) is 22.2. The van der Waals surface area contributed by atoms with E-state index in [0.717, 1.165) is 13.8 Å². The molecule has 0 aromatic carbocycles. The quantitative estimate of drug-likeness (QED) is 0.315. The molecular weight excluding hydrogens is 316 g/mol. The summed E-state index contributed by atoms with van der Waals surface area (Å²) in [5, 5.41) is 16.7. The Morgan fingerprint density at radius 2 is 1.41 bits per heavy atom. The summed E-state index contributed by atoms with van der Waals surface area (Å²) in [6.07, 6.45) is 0. The molecule has 0 bridgehead atoms. The first-order valence-corrected chi connectivity index (χ1v) is 5.57. The Bertz CT molecular complexity index is 496. The first-order valence-electron chi connectivity index (χ1n) is 5.57. The van der Waals surface area contributed by atoms with Crippen molar-refractivity contribution in [3.63, 3.8) is 0 Å². The van der Waals surface area contributed by atoms with E-state index in [4.69, 9.17) is 10.2 Å². The minimum Gasteiger partial charge on any atom is -0.455 e. The predicted molar refractivity (Wildman–Crippen MR) is 63.7 cm³/mol. The maximum Gasteiger partial charge on any atom is 0.403 e. The van der Waals surface area contributed by atoms with Gasteiger partial charge < -0.3 is 19.7 Å². The van der Waals surface area contributed by atoms with Crippen LogP contribution in [0.3, 0.4) is 0 Å². The summed E-state index contributed by atoms with van der Waals surface area (Å²) in [5.74, 6) is -13.5. The molecule has 1 atom stereocenters. The highest BCUT2D eigenvalue weighted by Crippen LogP contribution is 2.42. The number of ether oxygens (including phenoxy) is 2. The van der Waals surface area contributed by atoms with Crippen molar-refractivity contribution >= 4 is 11.9 Å². The Hall–Kier alpha value is -1.94. The van der Waals surface area contributed by atoms with Crippen molar-refractivity contribution in [1.29, 1.82) is 0 Å². The lowest BCUT2D eigenvalue weighted by Crippen LogP contribution is -2.62. The molecule has 6 nitrogen and oxygen atoms in total. The van der Waals surface area contributed by atoms with E-state index in [1.165, 1.54) is 0 Å². The lowest BCUT2D eigenvalue weighted by molar-refractivity contribution is -0.428. The molecule has 0 fully saturated rings. The second-order valence-electron chi connectivity index (χ2n) is 4.42. The van der Waals surface area contributed by atoms with Gasteiger partial charge in [-0.05, 0) is 13.8 Å². The molecule has 1 unspecified atom stereocenters. The zero-order valence-corrected chi connectivity index (χ0v) is 11.7. The molecule has 0 aromatic heterocycles. The molecule has 0 rings (SSSR count). The number of carbonyl (C=O) groups excluding carboxylic acids is 2. The van der Waals surface area contributed by atoms with E-state index in [0.29, 0.717) is 0 Å². The summed E-state index contributed by atoms with van der Waals surface area (Å²) >= 11 is 0. The molecule has 2 N–H and O–H groups in total. The van der Waals surface area contributed by atoms with Crippen LogP contribution in [0.5, 0.6) is 0 Å². The molecule has 0 saturated heterocycles. The molecule has 0 aliphatic heterocycles. The summed E-state index contributed by atoms with van der Waals surface area (Å²) in [7, 11) is 0. The molecule has 126 valence electrons. The fourth-order valence-electron chi connectivity index (χ4n) is 0.937. The van der Waals surface area contributed by atoms with Gasteiger partial charge in [-0.1, -0.05) is 13.2 Å². The molecule has 0 aromatic rings. The SMILES string of the molecule is C=C(C)C(=O)OCC(F)(OC(=O)C(=C)C)C(F)(F)C(O)(O)F. The van der Waals surface area contributed by atoms with Crippen LogP contribution in [0.15, 0.2) is 24.3 Å². The molecule has 22 heavy (non-hydrogen) atoms. The van der Waals surface area contributed by atoms with Gasteiger partial charge in [0.15, 0.2) is 6.61 Å². The number of alkyl halides is 4. The number of rotatable bonds is 7. The van der Waals surface area contributed by atoms with Gasteiger partial charge in [0, 0.05) is 11.1 Å². The fraction of sp³-hybridized carbons (Fsp3) is 0.500. The molecule has 0 saturated carbocycles. The molecule has 10 heteroatoms. The zero-order chi connectivity index (χ0) is 17.9. The van der Waals surface area contributed by atoms with Crippen molar-refractivity contribution in [2.75, 3.05) is 6.61 Å². The smallest absolute Gasteiger partial charge is 0.403 e. The molecular formula is C12H14F4O6. The van der Waals surface area contributed by atoms with Gasteiger partial charge >= 0.3 is 29.8 Å². The van der Waals surface area contributed by atoms with E-state index in [2.05, 4.69) is 22.6 Å². The van der Waals surface area contributed by atoms with Crippen molar-refractivity contribution in [3.05, 3.63) is 24.3 Å². The average molecular weight is 330 g/mol. The summed E-state index contributed by atoms with van der Waals surface area (Å²) in [6.45, 7) is 6.10. The number of halogens is 4. The predicted octanol–water partition coefficient (Wildman–Crippen LogP) is 1.13. The first-order chi connectivity index (χ1) is 9.65. The largest absolute Gasteiger partial charge is 0.455 e. The summed E-state index contributed by atoms with van der Waals surface area (Å²) < 4.78 is 61.7. The average Bonchev–Trinajstić information content (AvgIpc) is 2.33. The van der Waals surface area contributed by atoms with Crippen LogP contribution in [0.4, 0.5) is 17.6 Å². The van der Waals surface area contributed by atoms with Gasteiger partial charge in [-0.15, -0.1) is 0 Å². The third-order valence-corrected chi connectivity index (χ3v) is 2.21. The molecule has 0 radical (unpaired) electrons. The monoisotopic (exact) mass is 330 g/mol. The van der Waals surface area contributed by atoms with Gasteiger partial charge in [-0.3, -0.25) is 0 Å². The standard InChI is InChI=1S/C12H14F4O6/c1-6(2)8(17)21-5-10(13,22-9(18)7(3)4)11(14,15)12(16,19)20/h19-20H,1,3,5H2,2,4H3. The third-order valence-electron chi connectivity index (χ3n) is 2.21. The van der Waals surface area contributed by atoms with Crippen molar-refractivity contribution in [3.8, 4) is 0 Å². The Balaban J connectivity index is 5.57. The van der Waals surface area contributed by atoms with Crippen LogP contribution >= 0.6 is 0 Å². The summed E-state index contributed by atoms with van der Waals surface area (Å²) in [6, 6.07) is -5.40. The second kappa shape index (κ2) is 6.44. The number of esters is 2. The van der Waals surface area contributed by atoms with E-state index in [1.54, 1.807) is 0 Å². The van der Waals surface area contributed by atoms with Crippen LogP contribution in [0.2, 0.25) is 0 Å². The highest BCUT2D eigenvalue weighted by Gasteiger charge is 2.72. The molecule has 0 aliphatic carbocycles. The van der Waals surface area contributed by atoms with Gasteiger partial charge in [0.2, 0.25) is 0 Å². The third kappa shape index (κ3) is 4.28. The highest BCUT2D eigenvalue weighted by molar-refractivity contribution is 5.88. The Morgan fingerprint density at radius 1 is 1.00 bits per heavy atom. The minimum atomic E-state index is -5.68. The Labute approximate surface area is 122 Å². The topological polar surface area (TPSA) is 93.1 Å². The minimum absolute atomic E-state index is 0.323. The molecule has 0 heterocycles. The van der Waals surface area contributed by atoms with Gasteiger partial charge in [0.1, 0.15) is 0 Å². The van der Waals surface area contributed by atoms with E-state index in [1.807, 2.05) is 0 Å². The van der Waals surface area contributed by atoms with E-state index < -0.39 is 41.9 Å². The lowest BCUT2D eigenvalue weighted by Gasteiger charge is -2.35. The zero-order valence-electron chi connectivity index (χ0n) is 11.7. The van der Waals surface area contributed by atoms with E-state index in [-0.39, 0.29) is 5.57 Å². The van der Waals surface area contributed by atoms with Gasteiger partial charge in [-0.2, -0.15) is 17.6 Å².